The van der Waals surface area contributed by atoms with Crippen LogP contribution in [0.2, 0.25) is 0 Å². The predicted octanol–water partition coefficient (Wildman–Crippen LogP) is 3.11. The van der Waals surface area contributed by atoms with Gasteiger partial charge in [-0.2, -0.15) is 0 Å². The molecule has 4 bridgehead atoms. The number of rotatable bonds is 6. The van der Waals surface area contributed by atoms with E-state index in [9.17, 15) is 18.9 Å². The first-order chi connectivity index (χ1) is 23.6. The van der Waals surface area contributed by atoms with E-state index in [0.29, 0.717) is 40.1 Å². The van der Waals surface area contributed by atoms with Crippen molar-refractivity contribution < 1.29 is 37.9 Å². The van der Waals surface area contributed by atoms with Gasteiger partial charge in [0.25, 0.3) is 5.91 Å². The molecule has 2 aromatic carbocycles. The Morgan fingerprint density at radius 1 is 1.04 bits per heavy atom. The smallest absolute Gasteiger partial charge is 0.324 e. The second-order valence-electron chi connectivity index (χ2n) is 12.2. The molecule has 3 aliphatic heterocycles. The van der Waals surface area contributed by atoms with Gasteiger partial charge < -0.3 is 40.4 Å². The molecule has 3 aromatic rings. The molecule has 49 heavy (non-hydrogen) atoms. The number of fused-ring (bicyclic) bond motifs is 13. The SMILES string of the molecule is CC(C)(C(=O)O)N1CCOCCOCCOc2c(CNCC3CCOCC3)cccc2NC(=O)c2nc(cnc2N)-c2ccc(cc2)S1=O. The van der Waals surface area contributed by atoms with Crippen LogP contribution in [0.1, 0.15) is 42.7 Å². The van der Waals surface area contributed by atoms with E-state index in [4.69, 9.17) is 24.7 Å². The van der Waals surface area contributed by atoms with Crippen LogP contribution in [0.15, 0.2) is 53.6 Å². The summed E-state index contributed by atoms with van der Waals surface area (Å²) in [4.78, 5) is 34.9. The number of carboxylic acid groups (broad SMARTS) is 1. The molecule has 0 spiro atoms. The number of hydrogen-bond acceptors (Lipinski definition) is 11. The number of hydrogen-bond donors (Lipinski definition) is 4. The zero-order valence-electron chi connectivity index (χ0n) is 27.8. The highest BCUT2D eigenvalue weighted by molar-refractivity contribution is 7.82. The Kier molecular flexibility index (Phi) is 12.7. The first kappa shape index (κ1) is 36.3. The van der Waals surface area contributed by atoms with Crippen LogP contribution in [-0.4, -0.2) is 100 Å². The highest BCUT2D eigenvalue weighted by Crippen LogP contribution is 2.31. The van der Waals surface area contributed by atoms with Gasteiger partial charge in [0.15, 0.2) is 11.5 Å². The van der Waals surface area contributed by atoms with Crippen LogP contribution in [-0.2, 0) is 36.5 Å². The molecule has 1 atom stereocenters. The second-order valence-corrected chi connectivity index (χ2v) is 13.6. The number of carboxylic acids is 1. The summed E-state index contributed by atoms with van der Waals surface area (Å²) in [6, 6.07) is 12.2. The van der Waals surface area contributed by atoms with Crippen molar-refractivity contribution in [1.29, 1.82) is 0 Å². The normalized spacial score (nSPS) is 19.1. The maximum Gasteiger partial charge on any atom is 0.324 e. The summed E-state index contributed by atoms with van der Waals surface area (Å²) in [6.07, 6.45) is 3.47. The lowest BCUT2D eigenvalue weighted by Crippen LogP contribution is -2.52. The number of aromatic nitrogens is 2. The maximum atomic E-state index is 13.6. The van der Waals surface area contributed by atoms with Crippen molar-refractivity contribution in [2.24, 2.45) is 5.92 Å². The number of ether oxygens (including phenoxy) is 4. The molecule has 0 radical (unpaired) electrons. The summed E-state index contributed by atoms with van der Waals surface area (Å²) in [5.41, 5.74) is 6.89. The quantitative estimate of drug-likeness (QED) is 0.276. The van der Waals surface area contributed by atoms with Crippen LogP contribution < -0.4 is 21.1 Å². The van der Waals surface area contributed by atoms with Crippen LogP contribution in [0.25, 0.3) is 11.3 Å². The average Bonchev–Trinajstić information content (AvgIpc) is 3.10. The van der Waals surface area contributed by atoms with Gasteiger partial charge in [-0.25, -0.2) is 18.5 Å². The molecule has 15 heteroatoms. The molecule has 14 nitrogen and oxygen atoms in total. The minimum atomic E-state index is -1.83. The molecule has 1 aromatic heterocycles. The van der Waals surface area contributed by atoms with Gasteiger partial charge in [-0.05, 0) is 57.4 Å². The number of carbonyl (C=O) groups excluding carboxylic acids is 1. The molecule has 1 fully saturated rings. The van der Waals surface area contributed by atoms with Crippen molar-refractivity contribution in [2.45, 2.75) is 43.7 Å². The number of nitrogens with zero attached hydrogens (tertiary/aromatic N) is 3. The summed E-state index contributed by atoms with van der Waals surface area (Å²) < 4.78 is 38.2. The van der Waals surface area contributed by atoms with E-state index in [0.717, 1.165) is 38.2 Å². The van der Waals surface area contributed by atoms with Crippen molar-refractivity contribution in [2.75, 3.05) is 70.4 Å². The highest BCUT2D eigenvalue weighted by Gasteiger charge is 2.38. The minimum absolute atomic E-state index is 0.0488. The third kappa shape index (κ3) is 9.38. The lowest BCUT2D eigenvalue weighted by atomic mass is 10.0. The van der Waals surface area contributed by atoms with Gasteiger partial charge >= 0.3 is 5.97 Å². The van der Waals surface area contributed by atoms with E-state index >= 15 is 0 Å². The van der Waals surface area contributed by atoms with Crippen molar-refractivity contribution in [3.63, 3.8) is 0 Å². The highest BCUT2D eigenvalue weighted by atomic mass is 32.2. The third-order valence-electron chi connectivity index (χ3n) is 8.43. The van der Waals surface area contributed by atoms with E-state index in [1.807, 2.05) is 12.1 Å². The number of nitrogen functional groups attached to an aromatic ring is 1. The Balaban J connectivity index is 1.41. The van der Waals surface area contributed by atoms with E-state index < -0.39 is 28.4 Å². The molecule has 0 saturated carbocycles. The zero-order valence-corrected chi connectivity index (χ0v) is 28.6. The van der Waals surface area contributed by atoms with Crippen LogP contribution in [0, 0.1) is 5.92 Å². The number of amides is 1. The Morgan fingerprint density at radius 2 is 1.73 bits per heavy atom. The van der Waals surface area contributed by atoms with Crippen LogP contribution >= 0.6 is 0 Å². The number of aliphatic carboxylic acids is 1. The predicted molar refractivity (Wildman–Crippen MR) is 183 cm³/mol. The summed E-state index contributed by atoms with van der Waals surface area (Å²) in [5.74, 6) is -0.699. The first-order valence-electron chi connectivity index (χ1n) is 16.3. The molecule has 0 aliphatic carbocycles. The molecule has 1 amide bonds. The number of carbonyl (C=O) groups is 2. The van der Waals surface area contributed by atoms with Crippen LogP contribution in [0.4, 0.5) is 11.5 Å². The summed E-state index contributed by atoms with van der Waals surface area (Å²) in [5, 5.41) is 16.3. The number of benzene rings is 2. The number of nitrogens with one attached hydrogen (secondary N) is 2. The third-order valence-corrected chi connectivity index (χ3v) is 10.1. The van der Waals surface area contributed by atoms with E-state index in [-0.39, 0.29) is 51.1 Å². The number of para-hydroxylation sites is 1. The maximum absolute atomic E-state index is 13.6. The summed E-state index contributed by atoms with van der Waals surface area (Å²) in [6.45, 7) is 7.10. The molecule has 1 saturated heterocycles. The van der Waals surface area contributed by atoms with Crippen molar-refractivity contribution >= 4 is 34.4 Å². The molecule has 264 valence electrons. The topological polar surface area (TPSA) is 187 Å². The molecule has 5 N–H and O–H groups in total. The average molecular weight is 697 g/mol. The Bertz CT molecular complexity index is 1620. The zero-order chi connectivity index (χ0) is 34.8. The van der Waals surface area contributed by atoms with Crippen molar-refractivity contribution in [1.82, 2.24) is 19.6 Å². The Hall–Kier alpha value is -3.99. The fourth-order valence-corrected chi connectivity index (χ4v) is 6.81. The fraction of sp³-hybridized carbons (Fsp3) is 0.471. The summed E-state index contributed by atoms with van der Waals surface area (Å²) in [7, 11) is -1.83. The standard InChI is InChI=1S/C34H44N6O8S/c1-34(2,33(42)43)40-12-15-46-16-17-47-18-19-48-30-25(21-36-20-23-10-13-45-14-11-23)4-3-5-27(30)39-32(41)29-31(35)37-22-28(38-29)24-6-8-26(9-7-24)49(40)44/h3-9,22-23,36H,10-21H2,1-2H3,(H2,35,37)(H,39,41)(H,42,43). The number of nitrogens with two attached hydrogens (primary N) is 1. The van der Waals surface area contributed by atoms with Gasteiger partial charge in [0.1, 0.15) is 28.9 Å². The lowest BCUT2D eigenvalue weighted by molar-refractivity contribution is -0.146. The minimum Gasteiger partial charge on any atom is -0.489 e. The molecule has 6 rings (SSSR count). The van der Waals surface area contributed by atoms with Gasteiger partial charge in [-0.15, -0.1) is 0 Å². The van der Waals surface area contributed by atoms with Gasteiger partial charge in [0.2, 0.25) is 0 Å². The van der Waals surface area contributed by atoms with Gasteiger partial charge in [0, 0.05) is 37.4 Å². The molecule has 4 heterocycles. The van der Waals surface area contributed by atoms with Gasteiger partial charge in [0.05, 0.1) is 48.9 Å². The second kappa shape index (κ2) is 17.1. The van der Waals surface area contributed by atoms with Crippen LogP contribution in [0.3, 0.4) is 0 Å². The Labute approximate surface area is 288 Å². The van der Waals surface area contributed by atoms with Crippen molar-refractivity contribution in [3.05, 3.63) is 59.9 Å². The van der Waals surface area contributed by atoms with Crippen molar-refractivity contribution in [3.8, 4) is 17.0 Å². The molecular weight excluding hydrogens is 652 g/mol. The van der Waals surface area contributed by atoms with Gasteiger partial charge in [-0.3, -0.25) is 9.59 Å². The largest absolute Gasteiger partial charge is 0.489 e. The van der Waals surface area contributed by atoms with Crippen LogP contribution in [0.5, 0.6) is 5.75 Å². The van der Waals surface area contributed by atoms with E-state index in [1.165, 1.54) is 24.3 Å². The molecule has 3 aliphatic rings. The fourth-order valence-electron chi connectivity index (χ4n) is 5.46. The first-order valence-corrected chi connectivity index (χ1v) is 17.4. The van der Waals surface area contributed by atoms with Gasteiger partial charge in [-0.1, -0.05) is 24.3 Å². The van der Waals surface area contributed by atoms with E-state index in [1.54, 1.807) is 30.3 Å². The summed E-state index contributed by atoms with van der Waals surface area (Å²) >= 11 is 0. The lowest BCUT2D eigenvalue weighted by Gasteiger charge is -2.33. The Morgan fingerprint density at radius 3 is 2.47 bits per heavy atom. The molecular formula is C34H44N6O8S. The molecule has 1 unspecified atom stereocenters. The monoisotopic (exact) mass is 696 g/mol. The number of anilines is 2. The van der Waals surface area contributed by atoms with E-state index in [2.05, 4.69) is 20.6 Å².